The molecular weight excluding hydrogens is 272 g/mol. The number of likely N-dealkylation sites (N-methyl/N-ethyl adjacent to an activating group) is 1. The topological polar surface area (TPSA) is 31.4 Å². The lowest BCUT2D eigenvalue weighted by molar-refractivity contribution is 0.360. The van der Waals surface area contributed by atoms with Gasteiger partial charge in [-0.1, -0.05) is 18.5 Å². The van der Waals surface area contributed by atoms with Crippen molar-refractivity contribution >= 4 is 17.4 Å². The van der Waals surface area contributed by atoms with E-state index in [9.17, 15) is 0 Å². The fourth-order valence-corrected chi connectivity index (χ4v) is 2.60. The van der Waals surface area contributed by atoms with Crippen molar-refractivity contribution in [2.45, 2.75) is 26.3 Å². The van der Waals surface area contributed by atoms with Crippen molar-refractivity contribution in [3.05, 3.63) is 22.8 Å². The number of hydrogen-bond acceptors (Lipinski definition) is 4. The molecule has 1 aliphatic heterocycles. The first-order valence-corrected chi connectivity index (χ1v) is 7.88. The molecule has 0 aliphatic carbocycles. The van der Waals surface area contributed by atoms with Crippen LogP contribution in [-0.4, -0.2) is 49.7 Å². The van der Waals surface area contributed by atoms with Gasteiger partial charge in [0.05, 0.1) is 10.7 Å². The Balaban J connectivity index is 2.05. The fraction of sp³-hybridized carbons (Fsp3) is 0.667. The highest BCUT2D eigenvalue weighted by Gasteiger charge is 2.14. The monoisotopic (exact) mass is 296 g/mol. The molecular formula is C15H25ClN4. The van der Waals surface area contributed by atoms with Crippen LogP contribution in [-0.2, 0) is 6.54 Å². The lowest BCUT2D eigenvalue weighted by Crippen LogP contribution is -2.29. The van der Waals surface area contributed by atoms with Gasteiger partial charge in [0.1, 0.15) is 5.82 Å². The van der Waals surface area contributed by atoms with Gasteiger partial charge >= 0.3 is 0 Å². The van der Waals surface area contributed by atoms with Gasteiger partial charge in [0.2, 0.25) is 0 Å². The molecule has 0 radical (unpaired) electrons. The van der Waals surface area contributed by atoms with Crippen molar-refractivity contribution < 1.29 is 0 Å². The summed E-state index contributed by atoms with van der Waals surface area (Å²) < 4.78 is 0. The molecule has 4 nitrogen and oxygen atoms in total. The van der Waals surface area contributed by atoms with E-state index < -0.39 is 0 Å². The predicted octanol–water partition coefficient (Wildman–Crippen LogP) is 2.38. The van der Waals surface area contributed by atoms with Gasteiger partial charge in [0.25, 0.3) is 0 Å². The summed E-state index contributed by atoms with van der Waals surface area (Å²) in [5.74, 6) is 1.05. The van der Waals surface area contributed by atoms with E-state index >= 15 is 0 Å². The average molecular weight is 297 g/mol. The van der Waals surface area contributed by atoms with E-state index in [0.29, 0.717) is 0 Å². The summed E-state index contributed by atoms with van der Waals surface area (Å²) in [7, 11) is 2.18. The van der Waals surface area contributed by atoms with Crippen LogP contribution >= 0.6 is 11.6 Å². The second-order valence-electron chi connectivity index (χ2n) is 5.42. The van der Waals surface area contributed by atoms with E-state index in [2.05, 4.69) is 29.1 Å². The maximum absolute atomic E-state index is 6.24. The normalized spacial score (nSPS) is 17.2. The van der Waals surface area contributed by atoms with Crippen LogP contribution in [0.1, 0.15) is 25.5 Å². The van der Waals surface area contributed by atoms with E-state index in [1.54, 1.807) is 0 Å². The van der Waals surface area contributed by atoms with E-state index in [-0.39, 0.29) is 0 Å². The van der Waals surface area contributed by atoms with Gasteiger partial charge in [-0.15, -0.1) is 0 Å². The van der Waals surface area contributed by atoms with E-state index in [4.69, 9.17) is 16.6 Å². The van der Waals surface area contributed by atoms with Crippen molar-refractivity contribution in [2.24, 2.45) is 0 Å². The minimum atomic E-state index is 0.744. The Morgan fingerprint density at radius 2 is 2.10 bits per heavy atom. The van der Waals surface area contributed by atoms with Gasteiger partial charge < -0.3 is 15.1 Å². The fourth-order valence-electron chi connectivity index (χ4n) is 2.43. The molecule has 1 aliphatic rings. The third kappa shape index (κ3) is 4.33. The Labute approximate surface area is 127 Å². The quantitative estimate of drug-likeness (QED) is 0.846. The maximum atomic E-state index is 6.24. The summed E-state index contributed by atoms with van der Waals surface area (Å²) in [5, 5.41) is 4.12. The highest BCUT2D eigenvalue weighted by molar-refractivity contribution is 6.31. The van der Waals surface area contributed by atoms with E-state index in [1.807, 2.05) is 12.1 Å². The van der Waals surface area contributed by atoms with Gasteiger partial charge in [-0.2, -0.15) is 0 Å². The molecule has 20 heavy (non-hydrogen) atoms. The average Bonchev–Trinajstić information content (AvgIpc) is 2.66. The first kappa shape index (κ1) is 15.5. The Morgan fingerprint density at radius 3 is 2.90 bits per heavy atom. The Kier molecular flexibility index (Phi) is 6.07. The summed E-state index contributed by atoms with van der Waals surface area (Å²) in [6.45, 7) is 8.26. The Hall–Kier alpha value is -0.840. The van der Waals surface area contributed by atoms with Gasteiger partial charge in [-0.3, -0.25) is 0 Å². The number of hydrogen-bond donors (Lipinski definition) is 1. The molecule has 0 atom stereocenters. The van der Waals surface area contributed by atoms with Crippen LogP contribution in [0.3, 0.4) is 0 Å². The molecule has 1 aromatic rings. The summed E-state index contributed by atoms with van der Waals surface area (Å²) in [5.41, 5.74) is 0.954. The molecule has 1 saturated heterocycles. The number of nitrogens with zero attached hydrogens (tertiary/aromatic N) is 3. The first-order chi connectivity index (χ1) is 9.70. The molecule has 5 heteroatoms. The molecule has 1 aromatic heterocycles. The third-order valence-electron chi connectivity index (χ3n) is 3.67. The molecule has 0 unspecified atom stereocenters. The maximum Gasteiger partial charge on any atom is 0.129 e. The Morgan fingerprint density at radius 1 is 1.25 bits per heavy atom. The zero-order valence-electron chi connectivity index (χ0n) is 12.5. The van der Waals surface area contributed by atoms with Crippen LogP contribution in [0.15, 0.2) is 12.1 Å². The van der Waals surface area contributed by atoms with Crippen LogP contribution in [0, 0.1) is 0 Å². The largest absolute Gasteiger partial charge is 0.355 e. The van der Waals surface area contributed by atoms with Gasteiger partial charge in [0, 0.05) is 26.2 Å². The molecule has 1 N–H and O–H groups in total. The lowest BCUT2D eigenvalue weighted by atomic mass is 10.3. The van der Waals surface area contributed by atoms with E-state index in [0.717, 1.165) is 62.2 Å². The number of aromatic nitrogens is 1. The Bertz CT molecular complexity index is 424. The van der Waals surface area contributed by atoms with Gasteiger partial charge in [-0.25, -0.2) is 4.98 Å². The molecule has 1 fully saturated rings. The highest BCUT2D eigenvalue weighted by atomic mass is 35.5. The number of pyridine rings is 1. The summed E-state index contributed by atoms with van der Waals surface area (Å²) in [4.78, 5) is 9.49. The standard InChI is InChI=1S/C15H25ClN4/c1-3-7-17-12-14-13(16)5-6-15(18-14)20-9-4-8-19(2)10-11-20/h5-6,17H,3-4,7-12H2,1-2H3. The lowest BCUT2D eigenvalue weighted by Gasteiger charge is -2.22. The van der Waals surface area contributed by atoms with Crippen molar-refractivity contribution in [3.63, 3.8) is 0 Å². The first-order valence-electron chi connectivity index (χ1n) is 7.50. The second-order valence-corrected chi connectivity index (χ2v) is 5.83. The molecule has 112 valence electrons. The van der Waals surface area contributed by atoms with Crippen molar-refractivity contribution in [2.75, 3.05) is 44.7 Å². The minimum Gasteiger partial charge on any atom is -0.355 e. The van der Waals surface area contributed by atoms with Gasteiger partial charge in [0.15, 0.2) is 0 Å². The molecule has 0 amide bonds. The molecule has 0 aromatic carbocycles. The summed E-state index contributed by atoms with van der Waals surface area (Å²) >= 11 is 6.24. The van der Waals surface area contributed by atoms with Crippen LogP contribution in [0.4, 0.5) is 5.82 Å². The zero-order valence-corrected chi connectivity index (χ0v) is 13.3. The number of nitrogens with one attached hydrogen (secondary N) is 1. The van der Waals surface area contributed by atoms with Gasteiger partial charge in [-0.05, 0) is 45.1 Å². The minimum absolute atomic E-state index is 0.744. The SMILES string of the molecule is CCCNCc1nc(N2CCCN(C)CC2)ccc1Cl. The van der Waals surface area contributed by atoms with Crippen molar-refractivity contribution in [1.82, 2.24) is 15.2 Å². The number of halogens is 1. The van der Waals surface area contributed by atoms with Crippen molar-refractivity contribution in [3.8, 4) is 0 Å². The van der Waals surface area contributed by atoms with Crippen LogP contribution < -0.4 is 10.2 Å². The zero-order chi connectivity index (χ0) is 14.4. The highest BCUT2D eigenvalue weighted by Crippen LogP contribution is 2.20. The van der Waals surface area contributed by atoms with E-state index in [1.165, 1.54) is 6.42 Å². The number of anilines is 1. The molecule has 0 saturated carbocycles. The smallest absolute Gasteiger partial charge is 0.129 e. The molecule has 2 rings (SSSR count). The third-order valence-corrected chi connectivity index (χ3v) is 4.01. The van der Waals surface area contributed by atoms with Crippen molar-refractivity contribution in [1.29, 1.82) is 0 Å². The van der Waals surface area contributed by atoms with Crippen LogP contribution in [0.5, 0.6) is 0 Å². The number of rotatable bonds is 5. The predicted molar refractivity (Wildman–Crippen MR) is 85.6 cm³/mol. The van der Waals surface area contributed by atoms with Crippen LogP contribution in [0.25, 0.3) is 0 Å². The molecule has 0 spiro atoms. The van der Waals surface area contributed by atoms with Crippen LogP contribution in [0.2, 0.25) is 5.02 Å². The summed E-state index contributed by atoms with van der Waals surface area (Å²) in [6, 6.07) is 4.01. The second kappa shape index (κ2) is 7.81. The summed E-state index contributed by atoms with van der Waals surface area (Å²) in [6.07, 6.45) is 2.31. The molecule has 2 heterocycles. The molecule has 0 bridgehead atoms.